The SMILES string of the molecule is CCC(C)COc1cccc(CNC2CC2)c1. The van der Waals surface area contributed by atoms with Crippen LogP contribution in [0.25, 0.3) is 0 Å². The molecule has 1 aromatic carbocycles. The molecule has 1 unspecified atom stereocenters. The van der Waals surface area contributed by atoms with Gasteiger partial charge in [-0.3, -0.25) is 0 Å². The first-order valence-corrected chi connectivity index (χ1v) is 6.73. The molecular formula is C15H23NO. The van der Waals surface area contributed by atoms with Gasteiger partial charge in [-0.15, -0.1) is 0 Å². The molecule has 0 aliphatic heterocycles. The maximum absolute atomic E-state index is 5.79. The Morgan fingerprint density at radius 2 is 2.24 bits per heavy atom. The monoisotopic (exact) mass is 233 g/mol. The smallest absolute Gasteiger partial charge is 0.119 e. The van der Waals surface area contributed by atoms with Gasteiger partial charge in [-0.05, 0) is 36.5 Å². The summed E-state index contributed by atoms with van der Waals surface area (Å²) in [5.41, 5.74) is 1.32. The second kappa shape index (κ2) is 6.06. The summed E-state index contributed by atoms with van der Waals surface area (Å²) < 4.78 is 5.79. The zero-order valence-electron chi connectivity index (χ0n) is 10.9. The Morgan fingerprint density at radius 3 is 2.94 bits per heavy atom. The van der Waals surface area contributed by atoms with Crippen LogP contribution < -0.4 is 10.1 Å². The molecule has 1 saturated carbocycles. The fourth-order valence-corrected chi connectivity index (χ4v) is 1.65. The molecule has 1 atom stereocenters. The number of nitrogens with one attached hydrogen (secondary N) is 1. The molecule has 1 aliphatic rings. The summed E-state index contributed by atoms with van der Waals surface area (Å²) in [4.78, 5) is 0. The van der Waals surface area contributed by atoms with Gasteiger partial charge >= 0.3 is 0 Å². The van der Waals surface area contributed by atoms with Gasteiger partial charge in [0.25, 0.3) is 0 Å². The molecule has 1 aliphatic carbocycles. The lowest BCUT2D eigenvalue weighted by Crippen LogP contribution is -2.15. The number of rotatable bonds is 7. The molecule has 94 valence electrons. The van der Waals surface area contributed by atoms with Crippen molar-refractivity contribution in [3.05, 3.63) is 29.8 Å². The van der Waals surface area contributed by atoms with Crippen LogP contribution in [0.5, 0.6) is 5.75 Å². The van der Waals surface area contributed by atoms with E-state index in [0.29, 0.717) is 5.92 Å². The van der Waals surface area contributed by atoms with Gasteiger partial charge in [0.05, 0.1) is 6.61 Å². The zero-order chi connectivity index (χ0) is 12.1. The van der Waals surface area contributed by atoms with E-state index in [4.69, 9.17) is 4.74 Å². The predicted molar refractivity (Wildman–Crippen MR) is 71.3 cm³/mol. The van der Waals surface area contributed by atoms with Crippen molar-refractivity contribution in [1.29, 1.82) is 0 Å². The lowest BCUT2D eigenvalue weighted by molar-refractivity contribution is 0.256. The molecular weight excluding hydrogens is 210 g/mol. The van der Waals surface area contributed by atoms with Crippen LogP contribution in [-0.4, -0.2) is 12.6 Å². The molecule has 0 saturated heterocycles. The summed E-state index contributed by atoms with van der Waals surface area (Å²) in [6, 6.07) is 9.20. The highest BCUT2D eigenvalue weighted by Crippen LogP contribution is 2.20. The molecule has 0 aromatic heterocycles. The van der Waals surface area contributed by atoms with Crippen LogP contribution in [0.2, 0.25) is 0 Å². The Labute approximate surface area is 104 Å². The fourth-order valence-electron chi connectivity index (χ4n) is 1.65. The Balaban J connectivity index is 1.82. The molecule has 0 spiro atoms. The third-order valence-corrected chi connectivity index (χ3v) is 3.30. The number of hydrogen-bond donors (Lipinski definition) is 1. The molecule has 0 amide bonds. The molecule has 1 fully saturated rings. The summed E-state index contributed by atoms with van der Waals surface area (Å²) >= 11 is 0. The topological polar surface area (TPSA) is 21.3 Å². The average Bonchev–Trinajstić information content (AvgIpc) is 3.18. The van der Waals surface area contributed by atoms with E-state index in [0.717, 1.165) is 24.9 Å². The Bertz CT molecular complexity index is 347. The van der Waals surface area contributed by atoms with E-state index in [9.17, 15) is 0 Å². The minimum atomic E-state index is 0.628. The van der Waals surface area contributed by atoms with E-state index in [-0.39, 0.29) is 0 Å². The van der Waals surface area contributed by atoms with Crippen LogP contribution in [0, 0.1) is 5.92 Å². The first-order valence-electron chi connectivity index (χ1n) is 6.73. The Hall–Kier alpha value is -1.02. The Kier molecular flexibility index (Phi) is 4.43. The van der Waals surface area contributed by atoms with E-state index < -0.39 is 0 Å². The highest BCUT2D eigenvalue weighted by molar-refractivity contribution is 5.28. The highest BCUT2D eigenvalue weighted by Gasteiger charge is 2.19. The van der Waals surface area contributed by atoms with Gasteiger partial charge in [-0.1, -0.05) is 32.4 Å². The quantitative estimate of drug-likeness (QED) is 0.779. The average molecular weight is 233 g/mol. The first-order chi connectivity index (χ1) is 8.28. The summed E-state index contributed by atoms with van der Waals surface area (Å²) in [6.45, 7) is 6.20. The van der Waals surface area contributed by atoms with Crippen molar-refractivity contribution in [2.75, 3.05) is 6.61 Å². The Morgan fingerprint density at radius 1 is 1.41 bits per heavy atom. The van der Waals surface area contributed by atoms with Gasteiger partial charge in [-0.2, -0.15) is 0 Å². The molecule has 17 heavy (non-hydrogen) atoms. The number of benzene rings is 1. The van der Waals surface area contributed by atoms with E-state index >= 15 is 0 Å². The third-order valence-electron chi connectivity index (χ3n) is 3.30. The van der Waals surface area contributed by atoms with Crippen LogP contribution in [0.15, 0.2) is 24.3 Å². The summed E-state index contributed by atoms with van der Waals surface area (Å²) in [6.07, 6.45) is 3.84. The highest BCUT2D eigenvalue weighted by atomic mass is 16.5. The lowest BCUT2D eigenvalue weighted by atomic mass is 10.1. The maximum atomic E-state index is 5.79. The number of ether oxygens (including phenoxy) is 1. The first kappa shape index (κ1) is 12.4. The molecule has 2 rings (SSSR count). The zero-order valence-corrected chi connectivity index (χ0v) is 10.9. The van der Waals surface area contributed by atoms with Gasteiger partial charge in [0.15, 0.2) is 0 Å². The summed E-state index contributed by atoms with van der Waals surface area (Å²) in [5.74, 6) is 1.63. The minimum Gasteiger partial charge on any atom is -0.493 e. The molecule has 1 aromatic rings. The van der Waals surface area contributed by atoms with Gasteiger partial charge in [-0.25, -0.2) is 0 Å². The maximum Gasteiger partial charge on any atom is 0.119 e. The van der Waals surface area contributed by atoms with Crippen LogP contribution in [0.4, 0.5) is 0 Å². The van der Waals surface area contributed by atoms with Crippen molar-refractivity contribution in [3.8, 4) is 5.75 Å². The summed E-state index contributed by atoms with van der Waals surface area (Å²) in [5, 5.41) is 3.52. The molecule has 0 bridgehead atoms. The number of hydrogen-bond acceptors (Lipinski definition) is 2. The molecule has 2 nitrogen and oxygen atoms in total. The van der Waals surface area contributed by atoms with Crippen molar-refractivity contribution >= 4 is 0 Å². The second-order valence-corrected chi connectivity index (χ2v) is 5.13. The van der Waals surface area contributed by atoms with Crippen LogP contribution in [0.1, 0.15) is 38.7 Å². The van der Waals surface area contributed by atoms with Crippen molar-refractivity contribution < 1.29 is 4.74 Å². The summed E-state index contributed by atoms with van der Waals surface area (Å²) in [7, 11) is 0. The minimum absolute atomic E-state index is 0.628. The standard InChI is InChI=1S/C15H23NO/c1-3-12(2)11-17-15-6-4-5-13(9-15)10-16-14-7-8-14/h4-6,9,12,14,16H,3,7-8,10-11H2,1-2H3. The van der Waals surface area contributed by atoms with Crippen molar-refractivity contribution in [2.45, 2.75) is 45.7 Å². The van der Waals surface area contributed by atoms with Crippen LogP contribution in [-0.2, 0) is 6.54 Å². The normalized spacial score (nSPS) is 16.8. The predicted octanol–water partition coefficient (Wildman–Crippen LogP) is 3.36. The second-order valence-electron chi connectivity index (χ2n) is 5.13. The van der Waals surface area contributed by atoms with Crippen LogP contribution in [0.3, 0.4) is 0 Å². The molecule has 0 heterocycles. The lowest BCUT2D eigenvalue weighted by Gasteiger charge is -2.12. The van der Waals surface area contributed by atoms with E-state index in [1.165, 1.54) is 24.8 Å². The molecule has 1 N–H and O–H groups in total. The third kappa shape index (κ3) is 4.39. The van der Waals surface area contributed by atoms with E-state index in [1.807, 2.05) is 6.07 Å². The fraction of sp³-hybridized carbons (Fsp3) is 0.600. The molecule has 2 heteroatoms. The molecule has 0 radical (unpaired) electrons. The van der Waals surface area contributed by atoms with Gasteiger partial charge in [0.2, 0.25) is 0 Å². The largest absolute Gasteiger partial charge is 0.493 e. The van der Waals surface area contributed by atoms with Crippen molar-refractivity contribution in [2.24, 2.45) is 5.92 Å². The van der Waals surface area contributed by atoms with Gasteiger partial charge in [0, 0.05) is 12.6 Å². The van der Waals surface area contributed by atoms with Crippen molar-refractivity contribution in [1.82, 2.24) is 5.32 Å². The van der Waals surface area contributed by atoms with Gasteiger partial charge in [0.1, 0.15) is 5.75 Å². The van der Waals surface area contributed by atoms with Crippen molar-refractivity contribution in [3.63, 3.8) is 0 Å². The van der Waals surface area contributed by atoms with Gasteiger partial charge < -0.3 is 10.1 Å². The van der Waals surface area contributed by atoms with E-state index in [2.05, 4.69) is 37.4 Å². The van der Waals surface area contributed by atoms with Crippen LogP contribution >= 0.6 is 0 Å². The van der Waals surface area contributed by atoms with E-state index in [1.54, 1.807) is 0 Å².